The first-order valence-corrected chi connectivity index (χ1v) is 7.01. The summed E-state index contributed by atoms with van der Waals surface area (Å²) in [5.74, 6) is -0.219. The van der Waals surface area contributed by atoms with Crippen molar-refractivity contribution in [1.82, 2.24) is 19.6 Å². The van der Waals surface area contributed by atoms with Crippen LogP contribution in [-0.2, 0) is 0 Å². The first-order chi connectivity index (χ1) is 11.1. The van der Waals surface area contributed by atoms with Gasteiger partial charge in [0.1, 0.15) is 12.4 Å². The Morgan fingerprint density at radius 1 is 1.26 bits per heavy atom. The summed E-state index contributed by atoms with van der Waals surface area (Å²) in [5, 5.41) is 15.9. The first-order valence-electron chi connectivity index (χ1n) is 7.01. The molecule has 7 heteroatoms. The summed E-state index contributed by atoms with van der Waals surface area (Å²) < 4.78 is 6.93. The number of ether oxygens (including phenoxy) is 1. The largest absolute Gasteiger partial charge is 0.401 e. The van der Waals surface area contributed by atoms with E-state index >= 15 is 0 Å². The maximum atomic E-state index is 12.2. The maximum Gasteiger partial charge on any atom is 0.365 e. The van der Waals surface area contributed by atoms with Crippen molar-refractivity contribution in [3.8, 4) is 11.9 Å². The Balaban J connectivity index is 1.87. The number of hydrogen-bond acceptors (Lipinski definition) is 6. The topological polar surface area (TPSA) is 93.2 Å². The van der Waals surface area contributed by atoms with Crippen molar-refractivity contribution >= 4 is 11.5 Å². The van der Waals surface area contributed by atoms with Gasteiger partial charge in [-0.25, -0.2) is 9.78 Å². The van der Waals surface area contributed by atoms with Crippen LogP contribution in [0.1, 0.15) is 41.5 Å². The van der Waals surface area contributed by atoms with Crippen molar-refractivity contribution in [3.05, 3.63) is 53.7 Å². The predicted octanol–water partition coefficient (Wildman–Crippen LogP) is 2.34. The fourth-order valence-electron chi connectivity index (χ4n) is 2.09. The molecular weight excluding hydrogens is 294 g/mol. The van der Waals surface area contributed by atoms with Crippen LogP contribution in [0.3, 0.4) is 0 Å². The van der Waals surface area contributed by atoms with Gasteiger partial charge >= 0.3 is 5.97 Å². The SMILES string of the molecule is CC(C)c1ccc2c(C(=O)Oc3ccc(C#N)nn3)ncn2c1. The Bertz CT molecular complexity index is 906. The number of rotatable bonds is 3. The summed E-state index contributed by atoms with van der Waals surface area (Å²) in [4.78, 5) is 16.3. The van der Waals surface area contributed by atoms with Gasteiger partial charge in [-0.05, 0) is 23.6 Å². The molecule has 3 rings (SSSR count). The van der Waals surface area contributed by atoms with E-state index in [-0.39, 0.29) is 17.3 Å². The van der Waals surface area contributed by atoms with Crippen LogP contribution >= 0.6 is 0 Å². The monoisotopic (exact) mass is 307 g/mol. The Morgan fingerprint density at radius 2 is 2.09 bits per heavy atom. The minimum Gasteiger partial charge on any atom is -0.401 e. The Kier molecular flexibility index (Phi) is 3.73. The number of carbonyl (C=O) groups is 1. The van der Waals surface area contributed by atoms with Crippen molar-refractivity contribution in [2.24, 2.45) is 0 Å². The molecule has 0 spiro atoms. The molecule has 0 saturated heterocycles. The van der Waals surface area contributed by atoms with E-state index in [1.165, 1.54) is 12.1 Å². The third kappa shape index (κ3) is 2.87. The highest BCUT2D eigenvalue weighted by Crippen LogP contribution is 2.18. The van der Waals surface area contributed by atoms with Crippen LogP contribution < -0.4 is 4.74 Å². The van der Waals surface area contributed by atoms with E-state index < -0.39 is 5.97 Å². The molecule has 3 heterocycles. The molecule has 0 aliphatic rings. The standard InChI is InChI=1S/C16H13N5O2/c1-10(2)11-3-5-13-15(18-9-21(13)8-11)16(22)23-14-6-4-12(7-17)19-20-14/h3-6,8-10H,1-2H3. The van der Waals surface area contributed by atoms with E-state index in [0.717, 1.165) is 5.56 Å². The lowest BCUT2D eigenvalue weighted by molar-refractivity contribution is 0.0722. The molecule has 0 aliphatic carbocycles. The Hall–Kier alpha value is -3.27. The van der Waals surface area contributed by atoms with Crippen molar-refractivity contribution in [2.45, 2.75) is 19.8 Å². The van der Waals surface area contributed by atoms with Gasteiger partial charge in [0.25, 0.3) is 0 Å². The maximum absolute atomic E-state index is 12.2. The molecule has 0 amide bonds. The summed E-state index contributed by atoms with van der Waals surface area (Å²) in [6.45, 7) is 4.19. The van der Waals surface area contributed by atoms with Crippen LogP contribution in [0.4, 0.5) is 0 Å². The summed E-state index contributed by atoms with van der Waals surface area (Å²) >= 11 is 0. The molecule has 0 atom stereocenters. The Labute approximate surface area is 132 Å². The average molecular weight is 307 g/mol. The molecule has 23 heavy (non-hydrogen) atoms. The highest BCUT2D eigenvalue weighted by molar-refractivity contribution is 5.96. The molecule has 3 aromatic rings. The van der Waals surface area contributed by atoms with Crippen LogP contribution in [0.15, 0.2) is 36.8 Å². The van der Waals surface area contributed by atoms with E-state index in [1.54, 1.807) is 10.7 Å². The van der Waals surface area contributed by atoms with E-state index in [9.17, 15) is 4.79 Å². The van der Waals surface area contributed by atoms with E-state index in [4.69, 9.17) is 10.00 Å². The van der Waals surface area contributed by atoms with E-state index in [2.05, 4.69) is 29.0 Å². The van der Waals surface area contributed by atoms with Crippen molar-refractivity contribution in [2.75, 3.05) is 0 Å². The zero-order chi connectivity index (χ0) is 16.4. The second kappa shape index (κ2) is 5.85. The number of carbonyl (C=O) groups excluding carboxylic acids is 1. The second-order valence-electron chi connectivity index (χ2n) is 5.26. The normalized spacial score (nSPS) is 10.7. The van der Waals surface area contributed by atoms with Gasteiger partial charge in [-0.1, -0.05) is 19.9 Å². The Morgan fingerprint density at radius 3 is 2.74 bits per heavy atom. The fourth-order valence-corrected chi connectivity index (χ4v) is 2.09. The third-order valence-corrected chi connectivity index (χ3v) is 3.37. The molecule has 0 N–H and O–H groups in total. The summed E-state index contributed by atoms with van der Waals surface area (Å²) in [5.41, 5.74) is 2.15. The molecule has 0 unspecified atom stereocenters. The van der Waals surface area contributed by atoms with E-state index in [0.29, 0.717) is 11.4 Å². The van der Waals surface area contributed by atoms with Crippen LogP contribution in [0.2, 0.25) is 0 Å². The second-order valence-corrected chi connectivity index (χ2v) is 5.26. The average Bonchev–Trinajstić information content (AvgIpc) is 2.98. The van der Waals surface area contributed by atoms with E-state index in [1.807, 2.05) is 24.4 Å². The van der Waals surface area contributed by atoms with Crippen molar-refractivity contribution in [1.29, 1.82) is 5.26 Å². The minimum absolute atomic E-state index is 0.0222. The first kappa shape index (κ1) is 14.7. The molecule has 0 aromatic carbocycles. The molecule has 7 nitrogen and oxygen atoms in total. The lowest BCUT2D eigenvalue weighted by Gasteiger charge is -2.06. The van der Waals surface area contributed by atoms with Gasteiger partial charge in [0.15, 0.2) is 11.4 Å². The number of aromatic nitrogens is 4. The summed E-state index contributed by atoms with van der Waals surface area (Å²) in [7, 11) is 0. The molecule has 0 aliphatic heterocycles. The van der Waals surface area contributed by atoms with Gasteiger partial charge in [0.05, 0.1) is 5.52 Å². The third-order valence-electron chi connectivity index (χ3n) is 3.37. The van der Waals surface area contributed by atoms with Gasteiger partial charge in [0, 0.05) is 12.3 Å². The minimum atomic E-state index is -0.621. The summed E-state index contributed by atoms with van der Waals surface area (Å²) in [6, 6.07) is 8.48. The lowest BCUT2D eigenvalue weighted by Crippen LogP contribution is -2.11. The number of hydrogen-bond donors (Lipinski definition) is 0. The van der Waals surface area contributed by atoms with Gasteiger partial charge < -0.3 is 9.14 Å². The number of fused-ring (bicyclic) bond motifs is 1. The molecular formula is C16H13N5O2. The van der Waals surface area contributed by atoms with Crippen molar-refractivity contribution < 1.29 is 9.53 Å². The molecule has 114 valence electrons. The highest BCUT2D eigenvalue weighted by atomic mass is 16.5. The highest BCUT2D eigenvalue weighted by Gasteiger charge is 2.17. The smallest absolute Gasteiger partial charge is 0.365 e. The number of esters is 1. The number of nitrogens with zero attached hydrogens (tertiary/aromatic N) is 5. The van der Waals surface area contributed by atoms with Crippen LogP contribution in [0.5, 0.6) is 5.88 Å². The lowest BCUT2D eigenvalue weighted by atomic mass is 10.1. The molecule has 0 radical (unpaired) electrons. The predicted molar refractivity (Wildman–Crippen MR) is 81.0 cm³/mol. The van der Waals surface area contributed by atoms with Crippen molar-refractivity contribution in [3.63, 3.8) is 0 Å². The number of imidazole rings is 1. The zero-order valence-corrected chi connectivity index (χ0v) is 12.6. The number of pyridine rings is 1. The quantitative estimate of drug-likeness (QED) is 0.689. The van der Waals surface area contributed by atoms with Gasteiger partial charge in [-0.3, -0.25) is 0 Å². The van der Waals surface area contributed by atoms with Gasteiger partial charge in [-0.2, -0.15) is 5.26 Å². The number of nitriles is 1. The van der Waals surface area contributed by atoms with Crippen LogP contribution in [0.25, 0.3) is 5.52 Å². The van der Waals surface area contributed by atoms with Crippen LogP contribution in [0, 0.1) is 11.3 Å². The van der Waals surface area contributed by atoms with Crippen LogP contribution in [-0.4, -0.2) is 25.6 Å². The zero-order valence-electron chi connectivity index (χ0n) is 12.6. The molecule has 0 fully saturated rings. The fraction of sp³-hybridized carbons (Fsp3) is 0.188. The molecule has 3 aromatic heterocycles. The van der Waals surface area contributed by atoms with Gasteiger partial charge in [0.2, 0.25) is 5.88 Å². The summed E-state index contributed by atoms with van der Waals surface area (Å²) in [6.07, 6.45) is 3.51. The molecule has 0 bridgehead atoms. The molecule has 0 saturated carbocycles. The van der Waals surface area contributed by atoms with Gasteiger partial charge in [-0.15, -0.1) is 10.2 Å².